The first-order valence-corrected chi connectivity index (χ1v) is 8.64. The van der Waals surface area contributed by atoms with Gasteiger partial charge in [-0.15, -0.1) is 0 Å². The number of nitrogens with one attached hydrogen (secondary N) is 1. The van der Waals surface area contributed by atoms with E-state index in [0.29, 0.717) is 17.0 Å². The topological polar surface area (TPSA) is 46.2 Å². The molecule has 3 nitrogen and oxygen atoms in total. The summed E-state index contributed by atoms with van der Waals surface area (Å²) in [6.07, 6.45) is 0.612. The average Bonchev–Trinajstić information content (AvgIpc) is 2.32. The van der Waals surface area contributed by atoms with E-state index in [9.17, 15) is 8.42 Å². The Labute approximate surface area is 121 Å². The highest BCUT2D eigenvalue weighted by Crippen LogP contribution is 2.21. The highest BCUT2D eigenvalue weighted by Gasteiger charge is 2.23. The second-order valence-corrected chi connectivity index (χ2v) is 7.73. The second kappa shape index (κ2) is 7.27. The summed E-state index contributed by atoms with van der Waals surface area (Å²) in [6, 6.07) is 7.29. The molecular formula is C14H22ClNO2S. The summed E-state index contributed by atoms with van der Waals surface area (Å²) in [5, 5.41) is 3.37. The van der Waals surface area contributed by atoms with Crippen molar-refractivity contribution in [1.82, 2.24) is 5.32 Å². The zero-order valence-corrected chi connectivity index (χ0v) is 13.3. The van der Waals surface area contributed by atoms with Gasteiger partial charge in [0.2, 0.25) is 0 Å². The fourth-order valence-corrected chi connectivity index (χ4v) is 3.88. The predicted octanol–water partition coefficient (Wildman–Crippen LogP) is 3.03. The lowest BCUT2D eigenvalue weighted by atomic mass is 10.2. The molecule has 0 aliphatic rings. The van der Waals surface area contributed by atoms with E-state index >= 15 is 0 Å². The van der Waals surface area contributed by atoms with Gasteiger partial charge in [-0.25, -0.2) is 8.42 Å². The van der Waals surface area contributed by atoms with Crippen molar-refractivity contribution in [1.29, 1.82) is 0 Å². The van der Waals surface area contributed by atoms with Gasteiger partial charge in [-0.2, -0.15) is 0 Å². The molecule has 1 aromatic carbocycles. The van der Waals surface area contributed by atoms with Gasteiger partial charge in [0.25, 0.3) is 0 Å². The van der Waals surface area contributed by atoms with Crippen molar-refractivity contribution in [2.45, 2.75) is 44.2 Å². The predicted molar refractivity (Wildman–Crippen MR) is 81.3 cm³/mol. The van der Waals surface area contributed by atoms with Crippen LogP contribution < -0.4 is 5.32 Å². The van der Waals surface area contributed by atoms with E-state index in [0.717, 1.165) is 6.54 Å². The molecule has 108 valence electrons. The minimum Gasteiger partial charge on any atom is -0.314 e. The molecule has 0 aliphatic heterocycles. The van der Waals surface area contributed by atoms with Gasteiger partial charge >= 0.3 is 0 Å². The molecule has 0 aliphatic carbocycles. The summed E-state index contributed by atoms with van der Waals surface area (Å²) in [4.78, 5) is 0. The van der Waals surface area contributed by atoms with E-state index in [1.807, 2.05) is 19.9 Å². The Morgan fingerprint density at radius 1 is 1.26 bits per heavy atom. The van der Waals surface area contributed by atoms with Crippen LogP contribution >= 0.6 is 11.6 Å². The highest BCUT2D eigenvalue weighted by atomic mass is 35.5. The standard InChI is InChI=1S/C14H22ClNO2S/c1-4-16-11(2)9-12(3)19(17,18)10-13-7-5-6-8-14(13)15/h5-8,11-12,16H,4,9-10H2,1-3H3. The van der Waals surface area contributed by atoms with Crippen LogP contribution in [0.25, 0.3) is 0 Å². The summed E-state index contributed by atoms with van der Waals surface area (Å²) in [7, 11) is -3.17. The Hall–Kier alpha value is -0.580. The number of hydrogen-bond donors (Lipinski definition) is 1. The van der Waals surface area contributed by atoms with Crippen LogP contribution in [0.15, 0.2) is 24.3 Å². The zero-order chi connectivity index (χ0) is 14.5. The number of sulfone groups is 1. The number of rotatable bonds is 7. The third kappa shape index (κ3) is 5.13. The molecule has 0 fully saturated rings. The molecule has 0 saturated heterocycles. The Kier molecular flexibility index (Phi) is 6.30. The third-order valence-electron chi connectivity index (χ3n) is 3.17. The van der Waals surface area contributed by atoms with Crippen LogP contribution in [-0.2, 0) is 15.6 Å². The van der Waals surface area contributed by atoms with E-state index in [1.165, 1.54) is 0 Å². The first-order chi connectivity index (χ1) is 8.86. The molecule has 1 N–H and O–H groups in total. The van der Waals surface area contributed by atoms with Crippen molar-refractivity contribution < 1.29 is 8.42 Å². The molecule has 0 saturated carbocycles. The molecule has 0 bridgehead atoms. The van der Waals surface area contributed by atoms with Crippen LogP contribution in [0.1, 0.15) is 32.8 Å². The summed E-state index contributed by atoms with van der Waals surface area (Å²) >= 11 is 6.01. The van der Waals surface area contributed by atoms with E-state index in [4.69, 9.17) is 11.6 Å². The molecule has 2 unspecified atom stereocenters. The van der Waals surface area contributed by atoms with Crippen molar-refractivity contribution >= 4 is 21.4 Å². The van der Waals surface area contributed by atoms with Gasteiger partial charge < -0.3 is 5.32 Å². The fourth-order valence-electron chi connectivity index (χ4n) is 2.05. The summed E-state index contributed by atoms with van der Waals surface area (Å²) in [5.41, 5.74) is 0.673. The molecule has 2 atom stereocenters. The Bertz CT molecular complexity index is 502. The van der Waals surface area contributed by atoms with Crippen LogP contribution in [0.4, 0.5) is 0 Å². The summed E-state index contributed by atoms with van der Waals surface area (Å²) in [5.74, 6) is 0.00663. The quantitative estimate of drug-likeness (QED) is 0.842. The van der Waals surface area contributed by atoms with Gasteiger partial charge in [-0.3, -0.25) is 0 Å². The average molecular weight is 304 g/mol. The molecule has 1 aromatic rings. The molecule has 0 aromatic heterocycles. The van der Waals surface area contributed by atoms with Gasteiger partial charge in [0.05, 0.1) is 11.0 Å². The van der Waals surface area contributed by atoms with E-state index in [2.05, 4.69) is 5.32 Å². The number of hydrogen-bond acceptors (Lipinski definition) is 3. The lowest BCUT2D eigenvalue weighted by Gasteiger charge is -2.18. The van der Waals surface area contributed by atoms with Crippen LogP contribution in [0, 0.1) is 0 Å². The zero-order valence-electron chi connectivity index (χ0n) is 11.7. The van der Waals surface area contributed by atoms with Gasteiger partial charge in [-0.1, -0.05) is 36.7 Å². The van der Waals surface area contributed by atoms with Crippen LogP contribution in [0.2, 0.25) is 5.02 Å². The highest BCUT2D eigenvalue weighted by molar-refractivity contribution is 7.91. The maximum absolute atomic E-state index is 12.3. The SMILES string of the molecule is CCNC(C)CC(C)S(=O)(=O)Cc1ccccc1Cl. The van der Waals surface area contributed by atoms with E-state index < -0.39 is 9.84 Å². The van der Waals surface area contributed by atoms with Crippen molar-refractivity contribution in [2.24, 2.45) is 0 Å². The first-order valence-electron chi connectivity index (χ1n) is 6.55. The van der Waals surface area contributed by atoms with Crippen molar-refractivity contribution in [3.05, 3.63) is 34.9 Å². The third-order valence-corrected chi connectivity index (χ3v) is 5.67. The maximum Gasteiger partial charge on any atom is 0.157 e. The van der Waals surface area contributed by atoms with Crippen LogP contribution in [-0.4, -0.2) is 26.3 Å². The lowest BCUT2D eigenvalue weighted by molar-refractivity contribution is 0.509. The van der Waals surface area contributed by atoms with Crippen molar-refractivity contribution in [3.63, 3.8) is 0 Å². The smallest absolute Gasteiger partial charge is 0.157 e. The molecule has 0 heterocycles. The summed E-state index contributed by atoms with van der Waals surface area (Å²) in [6.45, 7) is 6.63. The van der Waals surface area contributed by atoms with Gasteiger partial charge in [0.15, 0.2) is 9.84 Å². The molecule has 0 amide bonds. The minimum atomic E-state index is -3.17. The molecular weight excluding hydrogens is 282 g/mol. The monoisotopic (exact) mass is 303 g/mol. The largest absolute Gasteiger partial charge is 0.314 e. The fraction of sp³-hybridized carbons (Fsp3) is 0.571. The molecule has 5 heteroatoms. The Morgan fingerprint density at radius 3 is 2.47 bits per heavy atom. The summed E-state index contributed by atoms with van der Waals surface area (Å²) < 4.78 is 24.6. The molecule has 0 spiro atoms. The molecule has 0 radical (unpaired) electrons. The van der Waals surface area contributed by atoms with E-state index in [1.54, 1.807) is 25.1 Å². The van der Waals surface area contributed by atoms with Crippen LogP contribution in [0.3, 0.4) is 0 Å². The minimum absolute atomic E-state index is 0.00663. The number of benzene rings is 1. The van der Waals surface area contributed by atoms with Gasteiger partial charge in [-0.05, 0) is 38.4 Å². The normalized spacial score (nSPS) is 15.2. The second-order valence-electron chi connectivity index (χ2n) is 4.90. The molecule has 1 rings (SSSR count). The van der Waals surface area contributed by atoms with Gasteiger partial charge in [0, 0.05) is 11.1 Å². The first kappa shape index (κ1) is 16.5. The van der Waals surface area contributed by atoms with Crippen LogP contribution in [0.5, 0.6) is 0 Å². The van der Waals surface area contributed by atoms with Gasteiger partial charge in [0.1, 0.15) is 0 Å². The lowest BCUT2D eigenvalue weighted by Crippen LogP contribution is -2.32. The van der Waals surface area contributed by atoms with Crippen molar-refractivity contribution in [3.8, 4) is 0 Å². The Morgan fingerprint density at radius 2 is 1.89 bits per heavy atom. The van der Waals surface area contributed by atoms with Crippen molar-refractivity contribution in [2.75, 3.05) is 6.54 Å². The Balaban J connectivity index is 2.73. The number of halogens is 1. The molecule has 19 heavy (non-hydrogen) atoms. The van der Waals surface area contributed by atoms with E-state index in [-0.39, 0.29) is 17.0 Å². The maximum atomic E-state index is 12.3.